The molecule has 6 heteroatoms. The Kier molecular flexibility index (Phi) is 11.2. The van der Waals surface area contributed by atoms with Crippen LogP contribution in [0.1, 0.15) is 43.4 Å². The molecule has 0 atom stereocenters. The van der Waals surface area contributed by atoms with E-state index in [-0.39, 0.29) is 25.9 Å². The number of aryl methyl sites for hydroxylation is 1. The number of furan rings is 1. The monoisotopic (exact) mass is 867 g/mol. The molecule has 8 rings (SSSR count). The number of hydrogen-bond acceptors (Lipinski definition) is 3. The van der Waals surface area contributed by atoms with Crippen LogP contribution in [-0.2, 0) is 39.4 Å². The summed E-state index contributed by atoms with van der Waals surface area (Å²) in [6, 6.07) is 35.9. The number of halogens is 1. The van der Waals surface area contributed by atoms with Crippen LogP contribution in [0.4, 0.5) is 4.39 Å². The van der Waals surface area contributed by atoms with Gasteiger partial charge in [-0.2, -0.15) is 0 Å². The van der Waals surface area contributed by atoms with E-state index in [0.29, 0.717) is 5.92 Å². The van der Waals surface area contributed by atoms with Crippen LogP contribution in [0.3, 0.4) is 0 Å². The van der Waals surface area contributed by atoms with Gasteiger partial charge >= 0.3 is 0 Å². The van der Waals surface area contributed by atoms with Crippen molar-refractivity contribution in [2.75, 3.05) is 0 Å². The Balaban J connectivity index is 0.000000188. The van der Waals surface area contributed by atoms with Crippen molar-refractivity contribution in [3.05, 3.63) is 138 Å². The summed E-state index contributed by atoms with van der Waals surface area (Å²) in [4.78, 5) is 9.42. The van der Waals surface area contributed by atoms with Gasteiger partial charge in [-0.15, -0.1) is 54.1 Å². The maximum Gasteiger partial charge on any atom is 0.123 e. The molecule has 3 nitrogen and oxygen atoms in total. The van der Waals surface area contributed by atoms with Crippen LogP contribution in [-0.4, -0.2) is 18.0 Å². The molecule has 0 bridgehead atoms. The van der Waals surface area contributed by atoms with Gasteiger partial charge in [0.25, 0.3) is 0 Å². The van der Waals surface area contributed by atoms with E-state index in [0.717, 1.165) is 74.8 Å². The molecule has 0 fully saturated rings. The minimum absolute atomic E-state index is 0. The predicted molar refractivity (Wildman–Crippen MR) is 208 cm³/mol. The number of nitrogens with zero attached hydrogens (tertiary/aromatic N) is 2. The Morgan fingerprint density at radius 2 is 1.61 bits per heavy atom. The van der Waals surface area contributed by atoms with Gasteiger partial charge in [-0.3, -0.25) is 0 Å². The smallest absolute Gasteiger partial charge is 0.123 e. The van der Waals surface area contributed by atoms with Crippen LogP contribution < -0.4 is 5.19 Å². The molecule has 0 saturated carbocycles. The summed E-state index contributed by atoms with van der Waals surface area (Å²) in [6.45, 7) is 11.7. The fraction of sp³-hybridized carbons (Fsp3) is 0.244. The summed E-state index contributed by atoms with van der Waals surface area (Å²) in [5.74, 6) is 0.433. The first kappa shape index (κ1) is 36.6. The second-order valence-corrected chi connectivity index (χ2v) is 19.8. The zero-order valence-electron chi connectivity index (χ0n) is 29.9. The zero-order chi connectivity index (χ0) is 34.8. The zero-order valence-corrected chi connectivity index (χ0v) is 33.3. The van der Waals surface area contributed by atoms with Crippen molar-refractivity contribution in [1.29, 1.82) is 0 Å². The van der Waals surface area contributed by atoms with Gasteiger partial charge in [0.2, 0.25) is 0 Å². The van der Waals surface area contributed by atoms with E-state index in [9.17, 15) is 4.39 Å². The van der Waals surface area contributed by atoms with E-state index in [4.69, 9.17) is 9.40 Å². The third-order valence-electron chi connectivity index (χ3n) is 9.53. The summed E-state index contributed by atoms with van der Waals surface area (Å²) in [5, 5.41) is 3.63. The number of benzene rings is 4. The van der Waals surface area contributed by atoms with Gasteiger partial charge in [-0.1, -0.05) is 91.5 Å². The Bertz CT molecular complexity index is 2270. The van der Waals surface area contributed by atoms with Crippen LogP contribution in [0.5, 0.6) is 0 Å². The van der Waals surface area contributed by atoms with Crippen molar-refractivity contribution < 1.29 is 28.9 Å². The molecule has 0 spiro atoms. The molecule has 0 aliphatic heterocycles. The average Bonchev–Trinajstić information content (AvgIpc) is 3.50. The predicted octanol–water partition coefficient (Wildman–Crippen LogP) is 11.4. The average molecular weight is 867 g/mol. The number of pyridine rings is 2. The number of fused-ring (bicyclic) bond motifs is 4. The molecule has 7 aromatic rings. The van der Waals surface area contributed by atoms with Crippen LogP contribution in [0.25, 0.3) is 55.6 Å². The van der Waals surface area contributed by atoms with E-state index in [2.05, 4.69) is 93.2 Å². The molecule has 0 amide bonds. The van der Waals surface area contributed by atoms with Crippen molar-refractivity contribution >= 4 is 35.2 Å². The summed E-state index contributed by atoms with van der Waals surface area (Å²) in [6.07, 6.45) is 9.74. The fourth-order valence-electron chi connectivity index (χ4n) is 7.10. The fourth-order valence-corrected chi connectivity index (χ4v) is 8.69. The molecular formula is C45H43FIrN2OSi-2. The van der Waals surface area contributed by atoms with Crippen molar-refractivity contribution in [2.45, 2.75) is 65.6 Å². The third kappa shape index (κ3) is 7.99. The molecule has 0 saturated heterocycles. The van der Waals surface area contributed by atoms with Crippen LogP contribution in [0.2, 0.25) is 19.6 Å². The van der Waals surface area contributed by atoms with Crippen LogP contribution in [0.15, 0.2) is 108 Å². The second kappa shape index (κ2) is 15.6. The normalized spacial score (nSPS) is 12.7. The van der Waals surface area contributed by atoms with Crippen molar-refractivity contribution in [3.8, 4) is 33.6 Å². The number of hydrogen-bond donors (Lipinski definition) is 0. The van der Waals surface area contributed by atoms with Crippen molar-refractivity contribution in [2.24, 2.45) is 5.92 Å². The van der Waals surface area contributed by atoms with Crippen LogP contribution >= 0.6 is 0 Å². The number of aromatic nitrogens is 2. The Labute approximate surface area is 315 Å². The Morgan fingerprint density at radius 1 is 0.824 bits per heavy atom. The molecule has 1 radical (unpaired) electrons. The summed E-state index contributed by atoms with van der Waals surface area (Å²) in [7, 11) is -1.34. The topological polar surface area (TPSA) is 38.9 Å². The van der Waals surface area contributed by atoms with Gasteiger partial charge in [0.15, 0.2) is 0 Å². The van der Waals surface area contributed by atoms with E-state index in [1.165, 1.54) is 46.9 Å². The van der Waals surface area contributed by atoms with E-state index < -0.39 is 8.07 Å². The summed E-state index contributed by atoms with van der Waals surface area (Å²) in [5.41, 5.74) is 11.9. The summed E-state index contributed by atoms with van der Waals surface area (Å²) >= 11 is 0. The standard InChI is InChI=1S/C27H19FNO.C18H24NSi.Ir/c28-20-11-8-17(9-12-20)19-10-13-22-23-6-3-7-24(27(23)30-25(22)16-19)26-21-5-2-1-4-18(21)14-15-29-26;1-14(2)11-16-12-17(15-9-7-6-8-10-15)19-13-18(16)20(3,4)5;/h3,6,8-16H,1-2,4-5H2;6-9,12-14H,11H2,1-5H3;/q2*-1;. The molecule has 0 N–H and O–H groups in total. The Hall–Kier alpha value is -4.22. The van der Waals surface area contributed by atoms with Gasteiger partial charge in [0.1, 0.15) is 11.4 Å². The minimum Gasteiger partial charge on any atom is -0.501 e. The molecule has 4 aromatic carbocycles. The van der Waals surface area contributed by atoms with E-state index in [1.807, 2.05) is 36.5 Å². The van der Waals surface area contributed by atoms with Gasteiger partial charge in [0, 0.05) is 37.9 Å². The maximum absolute atomic E-state index is 13.3. The quantitative estimate of drug-likeness (QED) is 0.123. The van der Waals surface area contributed by atoms with E-state index >= 15 is 0 Å². The third-order valence-corrected chi connectivity index (χ3v) is 11.6. The first-order chi connectivity index (χ1) is 24.2. The molecule has 261 valence electrons. The largest absolute Gasteiger partial charge is 0.501 e. The maximum atomic E-state index is 13.3. The summed E-state index contributed by atoms with van der Waals surface area (Å²) < 4.78 is 19.7. The van der Waals surface area contributed by atoms with Gasteiger partial charge in [-0.05, 0) is 90.0 Å². The SMILES string of the molecule is CC(C)Cc1cc(-c2[c-]cccc2)ncc1[Si](C)(C)C.Fc1ccc(-c2ccc3c(c2)oc2c(-c4nccc5c4CCCC5)[c-]ccc23)cc1.[Ir]. The van der Waals surface area contributed by atoms with Gasteiger partial charge in [-0.25, -0.2) is 4.39 Å². The van der Waals surface area contributed by atoms with Crippen molar-refractivity contribution in [3.63, 3.8) is 0 Å². The van der Waals surface area contributed by atoms with Gasteiger partial charge in [0.05, 0.1) is 13.7 Å². The molecular weight excluding hydrogens is 824 g/mol. The Morgan fingerprint density at radius 3 is 2.35 bits per heavy atom. The van der Waals surface area contributed by atoms with Crippen LogP contribution in [0, 0.1) is 23.9 Å². The second-order valence-electron chi connectivity index (χ2n) is 14.8. The molecule has 0 unspecified atom stereocenters. The molecule has 1 aliphatic carbocycles. The molecule has 3 aromatic heterocycles. The molecule has 1 aliphatic rings. The van der Waals surface area contributed by atoms with Crippen molar-refractivity contribution in [1.82, 2.24) is 9.97 Å². The minimum atomic E-state index is -1.34. The van der Waals surface area contributed by atoms with E-state index in [1.54, 1.807) is 12.1 Å². The molecule has 3 heterocycles. The molecule has 51 heavy (non-hydrogen) atoms. The first-order valence-corrected chi connectivity index (χ1v) is 21.2. The first-order valence-electron chi connectivity index (χ1n) is 17.7. The number of rotatable bonds is 6. The van der Waals surface area contributed by atoms with Gasteiger partial charge < -0.3 is 14.4 Å².